The number of carbonyl (C=O) groups is 2. The van der Waals surface area contributed by atoms with Crippen molar-refractivity contribution in [1.82, 2.24) is 4.90 Å². The van der Waals surface area contributed by atoms with E-state index in [2.05, 4.69) is 5.32 Å². The minimum atomic E-state index is -4.76. The summed E-state index contributed by atoms with van der Waals surface area (Å²) in [6, 6.07) is 3.76. The van der Waals surface area contributed by atoms with Gasteiger partial charge < -0.3 is 15.3 Å². The summed E-state index contributed by atoms with van der Waals surface area (Å²) in [7, 11) is -3.41. The van der Waals surface area contributed by atoms with Crippen molar-refractivity contribution in [1.29, 1.82) is 0 Å². The number of nitrogens with one attached hydrogen (secondary N) is 1. The highest BCUT2D eigenvalue weighted by molar-refractivity contribution is 7.91. The van der Waals surface area contributed by atoms with Crippen molar-refractivity contribution < 1.29 is 31.9 Å². The number of anilines is 1. The number of carbonyl (C=O) groups excluding carboxylic acids is 1. The topological polar surface area (TPSA) is 104 Å². The van der Waals surface area contributed by atoms with Crippen LogP contribution in [0.5, 0.6) is 0 Å². The highest BCUT2D eigenvalue weighted by Crippen LogP contribution is 2.21. The van der Waals surface area contributed by atoms with Gasteiger partial charge in [0, 0.05) is 19.3 Å². The van der Waals surface area contributed by atoms with E-state index in [0.29, 0.717) is 0 Å². The second-order valence-electron chi connectivity index (χ2n) is 4.88. The van der Waals surface area contributed by atoms with Crippen LogP contribution >= 0.6 is 0 Å². The molecule has 0 radical (unpaired) electrons. The SMILES string of the molecule is CC(CN(C)C(=O)Nc1cccc(S(=O)(=O)C(F)F)c1)C(=O)O. The predicted octanol–water partition coefficient (Wildman–Crippen LogP) is 1.87. The van der Waals surface area contributed by atoms with Gasteiger partial charge in [-0.1, -0.05) is 13.0 Å². The number of carboxylic acids is 1. The maximum absolute atomic E-state index is 12.5. The Balaban J connectivity index is 2.86. The normalized spacial score (nSPS) is 12.7. The summed E-state index contributed by atoms with van der Waals surface area (Å²) in [6.07, 6.45) is 0. The van der Waals surface area contributed by atoms with Crippen LogP contribution in [-0.2, 0) is 14.6 Å². The van der Waals surface area contributed by atoms with Crippen LogP contribution in [0.3, 0.4) is 0 Å². The first kappa shape index (κ1) is 18.8. The number of aliphatic carboxylic acids is 1. The zero-order chi connectivity index (χ0) is 17.8. The molecule has 0 aliphatic carbocycles. The van der Waals surface area contributed by atoms with Gasteiger partial charge in [-0.05, 0) is 18.2 Å². The van der Waals surface area contributed by atoms with Gasteiger partial charge in [-0.2, -0.15) is 8.78 Å². The molecule has 23 heavy (non-hydrogen) atoms. The molecule has 128 valence electrons. The number of hydrogen-bond donors (Lipinski definition) is 2. The number of amides is 2. The fourth-order valence-corrected chi connectivity index (χ4v) is 2.41. The fraction of sp³-hybridized carbons (Fsp3) is 0.385. The summed E-state index contributed by atoms with van der Waals surface area (Å²) in [5.41, 5.74) is 0.00607. The quantitative estimate of drug-likeness (QED) is 0.815. The van der Waals surface area contributed by atoms with Crippen LogP contribution in [-0.4, -0.2) is 49.8 Å². The van der Waals surface area contributed by atoms with Gasteiger partial charge >= 0.3 is 17.8 Å². The van der Waals surface area contributed by atoms with E-state index in [1.54, 1.807) is 0 Å². The van der Waals surface area contributed by atoms with Gasteiger partial charge in [-0.3, -0.25) is 4.79 Å². The van der Waals surface area contributed by atoms with Crippen molar-refractivity contribution in [2.24, 2.45) is 5.92 Å². The molecule has 2 amide bonds. The third-order valence-electron chi connectivity index (χ3n) is 2.96. The largest absolute Gasteiger partial charge is 0.481 e. The summed E-state index contributed by atoms with van der Waals surface area (Å²) in [4.78, 5) is 23.1. The summed E-state index contributed by atoms with van der Waals surface area (Å²) in [5.74, 6) is -5.43. The van der Waals surface area contributed by atoms with Crippen molar-refractivity contribution >= 4 is 27.5 Å². The summed E-state index contributed by atoms with van der Waals surface area (Å²) in [5, 5.41) is 11.1. The third-order valence-corrected chi connectivity index (χ3v) is 4.34. The Hall–Kier alpha value is -2.23. The van der Waals surface area contributed by atoms with Gasteiger partial charge in [-0.25, -0.2) is 13.2 Å². The molecule has 0 saturated carbocycles. The number of benzene rings is 1. The smallest absolute Gasteiger partial charge is 0.341 e. The standard InChI is InChI=1S/C13H16F2N2O5S/c1-8(11(18)19)7-17(2)13(20)16-9-4-3-5-10(6-9)23(21,22)12(14)15/h3-6,8,12H,7H2,1-2H3,(H,16,20)(H,18,19). The van der Waals surface area contributed by atoms with Crippen LogP contribution in [0.15, 0.2) is 29.2 Å². The Morgan fingerprint density at radius 1 is 1.35 bits per heavy atom. The Labute approximate surface area is 131 Å². The van der Waals surface area contributed by atoms with Gasteiger partial charge in [0.2, 0.25) is 9.84 Å². The average Bonchev–Trinajstić information content (AvgIpc) is 2.46. The first-order valence-corrected chi connectivity index (χ1v) is 7.97. The highest BCUT2D eigenvalue weighted by atomic mass is 32.2. The van der Waals surface area contributed by atoms with E-state index in [0.717, 1.165) is 17.0 Å². The molecule has 1 unspecified atom stereocenters. The third kappa shape index (κ3) is 4.88. The first-order valence-electron chi connectivity index (χ1n) is 6.42. The van der Waals surface area contributed by atoms with E-state index in [1.807, 2.05) is 0 Å². The molecule has 1 aromatic carbocycles. The number of hydrogen-bond acceptors (Lipinski definition) is 4. The van der Waals surface area contributed by atoms with Gasteiger partial charge in [0.25, 0.3) is 0 Å². The molecule has 1 atom stereocenters. The molecular weight excluding hydrogens is 334 g/mol. The Bertz CT molecular complexity index is 693. The van der Waals surface area contributed by atoms with Crippen LogP contribution in [0.25, 0.3) is 0 Å². The van der Waals surface area contributed by atoms with Gasteiger partial charge in [0.15, 0.2) is 0 Å². The molecule has 0 spiro atoms. The molecule has 0 saturated heterocycles. The number of sulfone groups is 1. The zero-order valence-electron chi connectivity index (χ0n) is 12.4. The van der Waals surface area contributed by atoms with Crippen molar-refractivity contribution in [2.75, 3.05) is 18.9 Å². The maximum atomic E-state index is 12.5. The number of alkyl halides is 2. The van der Waals surface area contributed by atoms with Crippen LogP contribution in [0, 0.1) is 5.92 Å². The second kappa shape index (κ2) is 7.36. The van der Waals surface area contributed by atoms with Crippen molar-refractivity contribution in [3.8, 4) is 0 Å². The molecule has 1 aromatic rings. The van der Waals surface area contributed by atoms with Gasteiger partial charge in [-0.15, -0.1) is 0 Å². The molecule has 0 aliphatic heterocycles. The average molecular weight is 350 g/mol. The van der Waals surface area contributed by atoms with Crippen LogP contribution in [0.1, 0.15) is 6.92 Å². The molecular formula is C13H16F2N2O5S. The van der Waals surface area contributed by atoms with Crippen LogP contribution in [0.4, 0.5) is 19.3 Å². The lowest BCUT2D eigenvalue weighted by Crippen LogP contribution is -2.36. The molecule has 0 fully saturated rings. The molecule has 1 rings (SSSR count). The molecule has 0 heterocycles. The minimum Gasteiger partial charge on any atom is -0.481 e. The van der Waals surface area contributed by atoms with Crippen LogP contribution in [0.2, 0.25) is 0 Å². The van der Waals surface area contributed by atoms with E-state index in [4.69, 9.17) is 5.11 Å². The molecule has 2 N–H and O–H groups in total. The molecule has 7 nitrogen and oxygen atoms in total. The Morgan fingerprint density at radius 3 is 2.48 bits per heavy atom. The van der Waals surface area contributed by atoms with Crippen molar-refractivity contribution in [2.45, 2.75) is 17.6 Å². The van der Waals surface area contributed by atoms with E-state index in [-0.39, 0.29) is 12.2 Å². The van der Waals surface area contributed by atoms with Crippen molar-refractivity contribution in [3.05, 3.63) is 24.3 Å². The van der Waals surface area contributed by atoms with E-state index in [1.165, 1.54) is 26.1 Å². The minimum absolute atomic E-state index is 0.00607. The maximum Gasteiger partial charge on any atom is 0.341 e. The highest BCUT2D eigenvalue weighted by Gasteiger charge is 2.27. The van der Waals surface area contributed by atoms with Gasteiger partial charge in [0.1, 0.15) is 0 Å². The molecule has 0 aliphatic rings. The summed E-state index contributed by atoms with van der Waals surface area (Å²) >= 11 is 0. The zero-order valence-corrected chi connectivity index (χ0v) is 13.2. The van der Waals surface area contributed by atoms with Crippen LogP contribution < -0.4 is 5.32 Å². The van der Waals surface area contributed by atoms with Crippen molar-refractivity contribution in [3.63, 3.8) is 0 Å². The molecule has 0 bridgehead atoms. The molecule has 0 aromatic heterocycles. The molecule has 10 heteroatoms. The fourth-order valence-electron chi connectivity index (χ4n) is 1.64. The monoisotopic (exact) mass is 350 g/mol. The van der Waals surface area contributed by atoms with E-state index >= 15 is 0 Å². The summed E-state index contributed by atoms with van der Waals surface area (Å²) < 4.78 is 47.8. The number of nitrogens with zero attached hydrogens (tertiary/aromatic N) is 1. The number of carboxylic acid groups (broad SMARTS) is 1. The lowest BCUT2D eigenvalue weighted by Gasteiger charge is -2.20. The Morgan fingerprint density at radius 2 is 1.96 bits per heavy atom. The van der Waals surface area contributed by atoms with E-state index < -0.39 is 38.4 Å². The second-order valence-corrected chi connectivity index (χ2v) is 6.80. The number of rotatable bonds is 6. The number of urea groups is 1. The lowest BCUT2D eigenvalue weighted by atomic mass is 10.2. The summed E-state index contributed by atoms with van der Waals surface area (Å²) in [6.45, 7) is 1.35. The first-order chi connectivity index (χ1) is 10.6. The predicted molar refractivity (Wildman–Crippen MR) is 78.1 cm³/mol. The Kier molecular flexibility index (Phi) is 6.02. The van der Waals surface area contributed by atoms with Gasteiger partial charge in [0.05, 0.1) is 10.8 Å². The number of halogens is 2. The van der Waals surface area contributed by atoms with E-state index in [9.17, 15) is 26.8 Å². The lowest BCUT2D eigenvalue weighted by molar-refractivity contribution is -0.141.